The Labute approximate surface area is 167 Å². The molecule has 1 N–H and O–H groups in total. The second-order valence-electron chi connectivity index (χ2n) is 6.82. The van der Waals surface area contributed by atoms with Crippen molar-refractivity contribution in [2.24, 2.45) is 11.8 Å². The van der Waals surface area contributed by atoms with E-state index in [9.17, 15) is 19.2 Å². The number of methoxy groups -OCH3 is 1. The normalized spacial score (nSPS) is 21.3. The van der Waals surface area contributed by atoms with Crippen LogP contribution in [0.5, 0.6) is 5.75 Å². The number of halogens is 1. The summed E-state index contributed by atoms with van der Waals surface area (Å²) >= 11 is 5.98. The summed E-state index contributed by atoms with van der Waals surface area (Å²) in [6.07, 6.45) is 3.17. The molecule has 0 radical (unpaired) electrons. The van der Waals surface area contributed by atoms with E-state index >= 15 is 0 Å². The summed E-state index contributed by atoms with van der Waals surface area (Å²) in [6, 6.07) is 4.69. The van der Waals surface area contributed by atoms with Gasteiger partial charge in [0.25, 0.3) is 5.91 Å². The zero-order valence-electron chi connectivity index (χ0n) is 15.4. The lowest BCUT2D eigenvalue weighted by Crippen LogP contribution is -2.37. The number of hydrogen-bond donors (Lipinski definition) is 1. The molecule has 8 nitrogen and oxygen atoms in total. The summed E-state index contributed by atoms with van der Waals surface area (Å²) in [5.74, 6) is -2.18. The number of carbonyl (C=O) groups excluding carboxylic acids is 4. The number of rotatable bonds is 6. The first-order valence-corrected chi connectivity index (χ1v) is 9.42. The molecule has 0 bridgehead atoms. The number of ether oxygens (including phenoxy) is 2. The lowest BCUT2D eigenvalue weighted by molar-refractivity contribution is -0.154. The van der Waals surface area contributed by atoms with Crippen LogP contribution in [0, 0.1) is 11.8 Å². The van der Waals surface area contributed by atoms with Crippen molar-refractivity contribution in [2.75, 3.05) is 25.6 Å². The lowest BCUT2D eigenvalue weighted by atomic mass is 9.81. The molecule has 2 aliphatic rings. The number of likely N-dealkylation sites (tertiary alicyclic amines) is 1. The lowest BCUT2D eigenvalue weighted by Gasteiger charge is -2.19. The van der Waals surface area contributed by atoms with Crippen LogP contribution in [0.3, 0.4) is 0 Å². The highest BCUT2D eigenvalue weighted by Gasteiger charge is 2.48. The molecule has 1 aliphatic carbocycles. The summed E-state index contributed by atoms with van der Waals surface area (Å²) in [7, 11) is 1.48. The summed E-state index contributed by atoms with van der Waals surface area (Å²) < 4.78 is 9.93. The zero-order chi connectivity index (χ0) is 20.3. The monoisotopic (exact) mass is 408 g/mol. The Morgan fingerprint density at radius 1 is 1.18 bits per heavy atom. The number of nitrogens with one attached hydrogen (secondary N) is 1. The number of benzene rings is 1. The van der Waals surface area contributed by atoms with Gasteiger partial charge in [-0.1, -0.05) is 24.4 Å². The van der Waals surface area contributed by atoms with Crippen LogP contribution < -0.4 is 10.1 Å². The number of imide groups is 1. The number of fused-ring (bicyclic) bond motifs is 1. The third-order valence-corrected chi connectivity index (χ3v) is 5.31. The van der Waals surface area contributed by atoms with E-state index in [4.69, 9.17) is 21.1 Å². The minimum atomic E-state index is -0.803. The van der Waals surface area contributed by atoms with Gasteiger partial charge in [0.05, 0.1) is 24.0 Å². The summed E-state index contributed by atoms with van der Waals surface area (Å²) in [5.41, 5.74) is 0.417. The number of esters is 1. The Morgan fingerprint density at radius 2 is 1.82 bits per heavy atom. The number of nitrogens with zero attached hydrogens (tertiary/aromatic N) is 1. The van der Waals surface area contributed by atoms with Crippen molar-refractivity contribution in [3.8, 4) is 5.75 Å². The molecule has 1 aromatic rings. The van der Waals surface area contributed by atoms with E-state index in [0.29, 0.717) is 29.3 Å². The van der Waals surface area contributed by atoms with Crippen LogP contribution in [-0.4, -0.2) is 48.9 Å². The van der Waals surface area contributed by atoms with Gasteiger partial charge in [-0.15, -0.1) is 0 Å². The average Bonchev–Trinajstić information content (AvgIpc) is 2.92. The topological polar surface area (TPSA) is 102 Å². The van der Waals surface area contributed by atoms with Crippen LogP contribution in [0.15, 0.2) is 18.2 Å². The maximum Gasteiger partial charge on any atom is 0.326 e. The summed E-state index contributed by atoms with van der Waals surface area (Å²) in [5, 5.41) is 2.86. The standard InChI is InChI=1S/C19H21ClN2O6/c1-27-15-7-6-11(8-14(15)20)21-16(23)10-28-17(24)9-22-18(25)12-4-2-3-5-13(12)19(22)26/h6-8,12-13H,2-5,9-10H2,1H3,(H,21,23)/t12-,13-/m1/s1. The minimum Gasteiger partial charge on any atom is -0.495 e. The van der Waals surface area contributed by atoms with E-state index in [-0.39, 0.29) is 23.7 Å². The van der Waals surface area contributed by atoms with Crippen molar-refractivity contribution in [3.63, 3.8) is 0 Å². The molecule has 0 spiro atoms. The number of amides is 3. The molecule has 3 amide bonds. The number of hydrogen-bond acceptors (Lipinski definition) is 6. The first-order chi connectivity index (χ1) is 13.4. The molecule has 3 rings (SSSR count). The van der Waals surface area contributed by atoms with Crippen molar-refractivity contribution in [2.45, 2.75) is 25.7 Å². The molecule has 1 saturated carbocycles. The van der Waals surface area contributed by atoms with Gasteiger partial charge in [-0.2, -0.15) is 0 Å². The highest BCUT2D eigenvalue weighted by Crippen LogP contribution is 2.37. The van der Waals surface area contributed by atoms with Gasteiger partial charge in [0.2, 0.25) is 11.8 Å². The maximum atomic E-state index is 12.3. The third kappa shape index (κ3) is 4.27. The maximum absolute atomic E-state index is 12.3. The first-order valence-electron chi connectivity index (χ1n) is 9.05. The fourth-order valence-electron chi connectivity index (χ4n) is 3.65. The van der Waals surface area contributed by atoms with Crippen LogP contribution in [0.2, 0.25) is 5.02 Å². The largest absolute Gasteiger partial charge is 0.495 e. The molecule has 0 aromatic heterocycles. The van der Waals surface area contributed by atoms with E-state index in [1.165, 1.54) is 13.2 Å². The van der Waals surface area contributed by atoms with Crippen LogP contribution in [0.1, 0.15) is 25.7 Å². The Morgan fingerprint density at radius 3 is 2.39 bits per heavy atom. The van der Waals surface area contributed by atoms with Crippen molar-refractivity contribution in [3.05, 3.63) is 23.2 Å². The molecular formula is C19H21ClN2O6. The zero-order valence-corrected chi connectivity index (χ0v) is 16.2. The Bertz CT molecular complexity index is 788. The second-order valence-corrected chi connectivity index (χ2v) is 7.23. The molecule has 150 valence electrons. The van der Waals surface area contributed by atoms with E-state index in [2.05, 4.69) is 5.32 Å². The smallest absolute Gasteiger partial charge is 0.326 e. The minimum absolute atomic E-state index is 0.316. The molecule has 1 saturated heterocycles. The van der Waals surface area contributed by atoms with Gasteiger partial charge in [0.1, 0.15) is 12.3 Å². The first kappa shape index (κ1) is 20.1. The number of anilines is 1. The van der Waals surface area contributed by atoms with Crippen LogP contribution in [0.4, 0.5) is 5.69 Å². The van der Waals surface area contributed by atoms with E-state index < -0.39 is 25.0 Å². The predicted molar refractivity (Wildman–Crippen MR) is 99.8 cm³/mol. The molecule has 0 unspecified atom stereocenters. The molecule has 1 aliphatic heterocycles. The number of carbonyl (C=O) groups is 4. The highest BCUT2D eigenvalue weighted by molar-refractivity contribution is 6.32. The molecule has 2 fully saturated rings. The van der Waals surface area contributed by atoms with Crippen LogP contribution >= 0.6 is 11.6 Å². The van der Waals surface area contributed by atoms with Crippen LogP contribution in [-0.2, 0) is 23.9 Å². The fourth-order valence-corrected chi connectivity index (χ4v) is 3.91. The Balaban J connectivity index is 1.49. The van der Waals surface area contributed by atoms with Gasteiger partial charge >= 0.3 is 5.97 Å². The Kier molecular flexibility index (Phi) is 6.18. The van der Waals surface area contributed by atoms with Crippen molar-refractivity contribution >= 4 is 41.0 Å². The van der Waals surface area contributed by atoms with Gasteiger partial charge < -0.3 is 14.8 Å². The van der Waals surface area contributed by atoms with E-state index in [0.717, 1.165) is 17.7 Å². The molecule has 2 atom stereocenters. The summed E-state index contributed by atoms with van der Waals surface area (Å²) in [6.45, 7) is -1.00. The molecule has 9 heteroatoms. The van der Waals surface area contributed by atoms with Crippen molar-refractivity contribution in [1.82, 2.24) is 4.90 Å². The van der Waals surface area contributed by atoms with Gasteiger partial charge in [0, 0.05) is 5.69 Å². The van der Waals surface area contributed by atoms with Crippen molar-refractivity contribution < 1.29 is 28.7 Å². The third-order valence-electron chi connectivity index (χ3n) is 5.02. The van der Waals surface area contributed by atoms with Gasteiger partial charge in [-0.25, -0.2) is 0 Å². The molecule has 1 heterocycles. The van der Waals surface area contributed by atoms with E-state index in [1.54, 1.807) is 12.1 Å². The van der Waals surface area contributed by atoms with Gasteiger partial charge in [0.15, 0.2) is 6.61 Å². The van der Waals surface area contributed by atoms with E-state index in [1.807, 2.05) is 0 Å². The van der Waals surface area contributed by atoms with Crippen LogP contribution in [0.25, 0.3) is 0 Å². The quantitative estimate of drug-likeness (QED) is 0.570. The molecule has 28 heavy (non-hydrogen) atoms. The molecular weight excluding hydrogens is 388 g/mol. The fraction of sp³-hybridized carbons (Fsp3) is 0.474. The summed E-state index contributed by atoms with van der Waals surface area (Å²) in [4.78, 5) is 49.6. The van der Waals surface area contributed by atoms with Gasteiger partial charge in [-0.05, 0) is 31.0 Å². The van der Waals surface area contributed by atoms with Gasteiger partial charge in [-0.3, -0.25) is 24.1 Å². The average molecular weight is 409 g/mol. The van der Waals surface area contributed by atoms with Crippen molar-refractivity contribution in [1.29, 1.82) is 0 Å². The highest BCUT2D eigenvalue weighted by atomic mass is 35.5. The SMILES string of the molecule is COc1ccc(NC(=O)COC(=O)CN2C(=O)[C@@H]3CCCC[C@H]3C2=O)cc1Cl. The molecule has 1 aromatic carbocycles. The predicted octanol–water partition coefficient (Wildman–Crippen LogP) is 2.01. The Hall–Kier alpha value is -2.61. The second kappa shape index (κ2) is 8.60.